The zero-order valence-corrected chi connectivity index (χ0v) is 4.87. The lowest BCUT2D eigenvalue weighted by Gasteiger charge is -1.83. The van der Waals surface area contributed by atoms with Crippen molar-refractivity contribution < 1.29 is 5.11 Å². The summed E-state index contributed by atoms with van der Waals surface area (Å²) in [6, 6.07) is 0. The molecule has 1 nitrogen and oxygen atoms in total. The van der Waals surface area contributed by atoms with Gasteiger partial charge in [0.25, 0.3) is 0 Å². The van der Waals surface area contributed by atoms with Gasteiger partial charge in [0, 0.05) is 5.03 Å². The number of halogens is 1. The van der Waals surface area contributed by atoms with Crippen molar-refractivity contribution in [2.75, 3.05) is 0 Å². The predicted molar refractivity (Wildman–Crippen MR) is 31.4 cm³/mol. The van der Waals surface area contributed by atoms with Gasteiger partial charge in [-0.15, -0.1) is 0 Å². The van der Waals surface area contributed by atoms with Crippen LogP contribution in [0.25, 0.3) is 0 Å². The van der Waals surface area contributed by atoms with E-state index in [-0.39, 0.29) is 5.76 Å². The molecule has 0 heterocycles. The lowest BCUT2D eigenvalue weighted by atomic mass is 10.5. The van der Waals surface area contributed by atoms with E-state index in [0.717, 1.165) is 0 Å². The van der Waals surface area contributed by atoms with Crippen LogP contribution in [0.5, 0.6) is 0 Å². The molecule has 0 unspecified atom stereocenters. The van der Waals surface area contributed by atoms with Gasteiger partial charge in [-0.05, 0) is 13.0 Å². The average molecular weight is 119 g/mol. The van der Waals surface area contributed by atoms with Crippen molar-refractivity contribution >= 4 is 11.6 Å². The number of allylic oxidation sites excluding steroid dienone is 2. The second kappa shape index (κ2) is 2.69. The third-order valence-corrected chi connectivity index (χ3v) is 0.475. The van der Waals surface area contributed by atoms with Gasteiger partial charge in [0.2, 0.25) is 0 Å². The van der Waals surface area contributed by atoms with Gasteiger partial charge in [-0.1, -0.05) is 18.2 Å². The summed E-state index contributed by atoms with van der Waals surface area (Å²) in [6.45, 7) is 4.86. The molecular weight excluding hydrogens is 112 g/mol. The standard InChI is InChI=1S/C5H7ClO/c1-4(6)3-5(2)7/h3,7H,2H2,1H3/b4-3+. The number of hydrogen-bond donors (Lipinski definition) is 1. The summed E-state index contributed by atoms with van der Waals surface area (Å²) in [7, 11) is 0. The number of hydrogen-bond acceptors (Lipinski definition) is 1. The molecule has 0 aromatic heterocycles. The van der Waals surface area contributed by atoms with Gasteiger partial charge in [0.1, 0.15) is 5.76 Å². The molecule has 0 amide bonds. The van der Waals surface area contributed by atoms with E-state index in [9.17, 15) is 0 Å². The first-order valence-electron chi connectivity index (χ1n) is 1.84. The Morgan fingerprint density at radius 2 is 2.29 bits per heavy atom. The molecule has 0 spiro atoms. The predicted octanol–water partition coefficient (Wildman–Crippen LogP) is 2.20. The molecule has 0 atom stereocenters. The van der Waals surface area contributed by atoms with E-state index in [0.29, 0.717) is 5.03 Å². The molecule has 7 heavy (non-hydrogen) atoms. The molecule has 0 aliphatic rings. The van der Waals surface area contributed by atoms with Crippen LogP contribution in [0.1, 0.15) is 6.92 Å². The highest BCUT2D eigenvalue weighted by Crippen LogP contribution is 1.99. The van der Waals surface area contributed by atoms with Crippen LogP contribution >= 0.6 is 11.6 Å². The summed E-state index contributed by atoms with van der Waals surface area (Å²) in [5, 5.41) is 8.90. The first-order chi connectivity index (χ1) is 3.13. The van der Waals surface area contributed by atoms with Crippen LogP contribution in [-0.2, 0) is 0 Å². The second-order valence-corrected chi connectivity index (χ2v) is 1.82. The smallest absolute Gasteiger partial charge is 0.109 e. The molecule has 0 rings (SSSR count). The zero-order valence-electron chi connectivity index (χ0n) is 4.11. The lowest BCUT2D eigenvalue weighted by Crippen LogP contribution is -1.66. The third-order valence-electron chi connectivity index (χ3n) is 0.366. The molecule has 1 N–H and O–H groups in total. The van der Waals surface area contributed by atoms with Gasteiger partial charge in [0.05, 0.1) is 0 Å². The first-order valence-corrected chi connectivity index (χ1v) is 2.22. The topological polar surface area (TPSA) is 20.2 Å². The molecule has 0 aromatic carbocycles. The van der Waals surface area contributed by atoms with Gasteiger partial charge in [-0.25, -0.2) is 0 Å². The molecule has 0 bridgehead atoms. The zero-order chi connectivity index (χ0) is 5.86. The van der Waals surface area contributed by atoms with Crippen molar-refractivity contribution in [2.45, 2.75) is 6.92 Å². The Bertz CT molecular complexity index is 101. The fourth-order valence-corrected chi connectivity index (χ4v) is 0.356. The Kier molecular flexibility index (Phi) is 2.53. The minimum Gasteiger partial charge on any atom is -0.509 e. The summed E-state index contributed by atoms with van der Waals surface area (Å²) >= 11 is 5.31. The molecule has 0 saturated heterocycles. The summed E-state index contributed by atoms with van der Waals surface area (Å²) < 4.78 is 0. The van der Waals surface area contributed by atoms with Crippen LogP contribution in [0.2, 0.25) is 0 Å². The summed E-state index contributed by atoms with van der Waals surface area (Å²) in [6.07, 6.45) is 1.38. The number of aliphatic hydroxyl groups is 1. The second-order valence-electron chi connectivity index (χ2n) is 1.22. The van der Waals surface area contributed by atoms with Crippen LogP contribution in [0, 0.1) is 0 Å². The Labute approximate surface area is 47.9 Å². The van der Waals surface area contributed by atoms with Crippen molar-refractivity contribution in [2.24, 2.45) is 0 Å². The quantitative estimate of drug-likeness (QED) is 0.414. The normalized spacial score (nSPS) is 11.4. The van der Waals surface area contributed by atoms with Crippen molar-refractivity contribution in [3.63, 3.8) is 0 Å². The van der Waals surface area contributed by atoms with Crippen molar-refractivity contribution in [3.05, 3.63) is 23.4 Å². The van der Waals surface area contributed by atoms with Gasteiger partial charge in [0.15, 0.2) is 0 Å². The monoisotopic (exact) mass is 118 g/mol. The Balaban J connectivity index is 3.68. The van der Waals surface area contributed by atoms with Gasteiger partial charge in [-0.2, -0.15) is 0 Å². The Morgan fingerprint density at radius 3 is 2.29 bits per heavy atom. The average Bonchev–Trinajstić information content (AvgIpc) is 1.27. The molecule has 40 valence electrons. The SMILES string of the molecule is C=C(O)/C=C(\C)Cl. The van der Waals surface area contributed by atoms with E-state index in [2.05, 4.69) is 6.58 Å². The highest BCUT2D eigenvalue weighted by Gasteiger charge is 1.78. The summed E-state index contributed by atoms with van der Waals surface area (Å²) in [4.78, 5) is 0. The largest absolute Gasteiger partial charge is 0.509 e. The number of aliphatic hydroxyl groups excluding tert-OH is 1. The van der Waals surface area contributed by atoms with E-state index in [1.54, 1.807) is 6.92 Å². The maximum absolute atomic E-state index is 8.37. The molecule has 0 aliphatic carbocycles. The minimum atomic E-state index is -0.00694. The minimum absolute atomic E-state index is 0.00694. The first kappa shape index (κ1) is 6.57. The van der Waals surface area contributed by atoms with Crippen LogP contribution in [-0.4, -0.2) is 5.11 Å². The van der Waals surface area contributed by atoms with Crippen LogP contribution in [0.4, 0.5) is 0 Å². The van der Waals surface area contributed by atoms with Crippen LogP contribution in [0.3, 0.4) is 0 Å². The number of rotatable bonds is 1. The highest BCUT2D eigenvalue weighted by atomic mass is 35.5. The van der Waals surface area contributed by atoms with E-state index >= 15 is 0 Å². The van der Waals surface area contributed by atoms with Gasteiger partial charge >= 0.3 is 0 Å². The van der Waals surface area contributed by atoms with Gasteiger partial charge in [-0.3, -0.25) is 0 Å². The Hall–Kier alpha value is -0.430. The molecule has 2 heteroatoms. The van der Waals surface area contributed by atoms with Crippen molar-refractivity contribution in [1.82, 2.24) is 0 Å². The van der Waals surface area contributed by atoms with Crippen LogP contribution in [0.15, 0.2) is 23.4 Å². The van der Waals surface area contributed by atoms with E-state index in [1.165, 1.54) is 6.08 Å². The third kappa shape index (κ3) is 5.57. The fourth-order valence-electron chi connectivity index (χ4n) is 0.230. The lowest BCUT2D eigenvalue weighted by molar-refractivity contribution is 0.435. The van der Waals surface area contributed by atoms with Crippen molar-refractivity contribution in [1.29, 1.82) is 0 Å². The van der Waals surface area contributed by atoms with Gasteiger partial charge < -0.3 is 5.11 Å². The summed E-state index contributed by atoms with van der Waals surface area (Å²) in [5.41, 5.74) is 0. The maximum Gasteiger partial charge on any atom is 0.109 e. The molecule has 0 radical (unpaired) electrons. The highest BCUT2D eigenvalue weighted by molar-refractivity contribution is 6.29. The fraction of sp³-hybridized carbons (Fsp3) is 0.200. The van der Waals surface area contributed by atoms with E-state index in [4.69, 9.17) is 16.7 Å². The maximum atomic E-state index is 8.37. The summed E-state index contributed by atoms with van der Waals surface area (Å²) in [5.74, 6) is -0.00694. The Morgan fingerprint density at radius 1 is 1.86 bits per heavy atom. The van der Waals surface area contributed by atoms with Crippen molar-refractivity contribution in [3.8, 4) is 0 Å². The van der Waals surface area contributed by atoms with Crippen LogP contribution < -0.4 is 0 Å². The van der Waals surface area contributed by atoms with E-state index < -0.39 is 0 Å². The molecular formula is C5H7ClO. The molecule has 0 aliphatic heterocycles. The molecule has 0 saturated carbocycles. The molecule has 0 fully saturated rings. The van der Waals surface area contributed by atoms with E-state index in [1.807, 2.05) is 0 Å². The molecule has 0 aromatic rings.